The second-order valence-corrected chi connectivity index (χ2v) is 7.94. The number of hydrogen-bond donors (Lipinski definition) is 1. The first-order valence-corrected chi connectivity index (χ1v) is 10.3. The van der Waals surface area contributed by atoms with E-state index < -0.39 is 6.04 Å². The third-order valence-corrected chi connectivity index (χ3v) is 6.08. The van der Waals surface area contributed by atoms with Crippen LogP contribution in [0, 0.1) is 27.7 Å². The zero-order chi connectivity index (χ0) is 22.3. The molecule has 2 heterocycles. The van der Waals surface area contributed by atoms with Crippen molar-refractivity contribution in [2.24, 2.45) is 0 Å². The Morgan fingerprint density at radius 1 is 0.968 bits per heavy atom. The zero-order valence-electron chi connectivity index (χ0n) is 18.4. The number of amides is 1. The van der Waals surface area contributed by atoms with E-state index in [0.29, 0.717) is 11.1 Å². The molecule has 1 atom stereocenters. The lowest BCUT2D eigenvalue weighted by atomic mass is 10.1. The van der Waals surface area contributed by atoms with Gasteiger partial charge in [-0.05, 0) is 63.9 Å². The number of benzene rings is 2. The molecule has 1 N–H and O–H groups in total. The molecule has 6 nitrogen and oxygen atoms in total. The van der Waals surface area contributed by atoms with Crippen molar-refractivity contribution in [1.82, 2.24) is 14.3 Å². The molecule has 1 unspecified atom stereocenters. The maximum Gasteiger partial charge on any atom is 0.281 e. The fourth-order valence-corrected chi connectivity index (χ4v) is 4.15. The van der Waals surface area contributed by atoms with Crippen LogP contribution in [0.25, 0.3) is 16.5 Å². The highest BCUT2D eigenvalue weighted by atomic mass is 16.2. The van der Waals surface area contributed by atoms with Gasteiger partial charge in [0.2, 0.25) is 5.91 Å². The minimum atomic E-state index is -0.489. The minimum absolute atomic E-state index is 0.128. The Bertz CT molecular complexity index is 1350. The van der Waals surface area contributed by atoms with Gasteiger partial charge in [-0.3, -0.25) is 9.59 Å². The highest BCUT2D eigenvalue weighted by molar-refractivity contribution is 5.96. The Kier molecular flexibility index (Phi) is 5.23. The number of anilines is 1. The summed E-state index contributed by atoms with van der Waals surface area (Å²) in [6, 6.07) is 14.7. The van der Waals surface area contributed by atoms with Gasteiger partial charge >= 0.3 is 0 Å². The van der Waals surface area contributed by atoms with Crippen molar-refractivity contribution < 1.29 is 4.79 Å². The highest BCUT2D eigenvalue weighted by Crippen LogP contribution is 2.27. The average Bonchev–Trinajstić information content (AvgIpc) is 3.02. The molecule has 0 fully saturated rings. The quantitative estimate of drug-likeness (QED) is 0.530. The molecule has 0 saturated heterocycles. The van der Waals surface area contributed by atoms with Crippen molar-refractivity contribution in [3.05, 3.63) is 87.6 Å². The van der Waals surface area contributed by atoms with Crippen LogP contribution in [0.5, 0.6) is 0 Å². The van der Waals surface area contributed by atoms with E-state index in [1.807, 2.05) is 87.7 Å². The predicted octanol–water partition coefficient (Wildman–Crippen LogP) is 4.62. The number of rotatable bonds is 4. The first-order chi connectivity index (χ1) is 14.8. The number of nitrogens with zero attached hydrogens (tertiary/aromatic N) is 3. The smallest absolute Gasteiger partial charge is 0.281 e. The van der Waals surface area contributed by atoms with E-state index in [2.05, 4.69) is 10.4 Å². The van der Waals surface area contributed by atoms with Gasteiger partial charge in [-0.25, -0.2) is 0 Å². The van der Waals surface area contributed by atoms with Crippen LogP contribution in [0.15, 0.2) is 59.5 Å². The standard InChI is InChI=1S/C25H26N4O2/c1-15-10-9-13-22(16(15)2)27-24(30)19(5)28-17(3)21-14-26-29(20-11-7-6-8-12-20)25(31)23(21)18(28)4/h6-14,19H,1-5H3,(H,27,30). The van der Waals surface area contributed by atoms with Crippen LogP contribution >= 0.6 is 0 Å². The second-order valence-electron chi connectivity index (χ2n) is 7.94. The topological polar surface area (TPSA) is 68.9 Å². The summed E-state index contributed by atoms with van der Waals surface area (Å²) in [4.78, 5) is 26.4. The van der Waals surface area contributed by atoms with Crippen LogP contribution < -0.4 is 10.9 Å². The monoisotopic (exact) mass is 414 g/mol. The van der Waals surface area contributed by atoms with Gasteiger partial charge in [0.15, 0.2) is 0 Å². The number of aromatic nitrogens is 3. The summed E-state index contributed by atoms with van der Waals surface area (Å²) in [6.07, 6.45) is 1.71. The fourth-order valence-electron chi connectivity index (χ4n) is 4.15. The summed E-state index contributed by atoms with van der Waals surface area (Å²) in [7, 11) is 0. The molecule has 0 aliphatic carbocycles. The van der Waals surface area contributed by atoms with Crippen LogP contribution in [0.4, 0.5) is 5.69 Å². The molecule has 0 aliphatic heterocycles. The molecule has 0 saturated carbocycles. The van der Waals surface area contributed by atoms with E-state index in [9.17, 15) is 9.59 Å². The van der Waals surface area contributed by atoms with Gasteiger partial charge in [-0.2, -0.15) is 9.78 Å². The van der Waals surface area contributed by atoms with Crippen LogP contribution in [0.2, 0.25) is 0 Å². The SMILES string of the molecule is Cc1cccc(NC(=O)C(C)n2c(C)c3cnn(-c4ccccc4)c(=O)c3c2C)c1C. The lowest BCUT2D eigenvalue weighted by Crippen LogP contribution is -2.25. The maximum atomic E-state index is 13.3. The second kappa shape index (κ2) is 7.87. The van der Waals surface area contributed by atoms with E-state index in [4.69, 9.17) is 0 Å². The number of fused-ring (bicyclic) bond motifs is 1. The molecule has 6 heteroatoms. The third kappa shape index (κ3) is 3.44. The minimum Gasteiger partial charge on any atom is -0.336 e. The van der Waals surface area contributed by atoms with Crippen molar-refractivity contribution in [1.29, 1.82) is 0 Å². The number of hydrogen-bond acceptors (Lipinski definition) is 3. The molecule has 158 valence electrons. The molecule has 4 rings (SSSR count). The van der Waals surface area contributed by atoms with Crippen molar-refractivity contribution in [2.75, 3.05) is 5.32 Å². The van der Waals surface area contributed by atoms with Gasteiger partial charge in [0, 0.05) is 22.5 Å². The molecule has 0 spiro atoms. The molecular formula is C25H26N4O2. The third-order valence-electron chi connectivity index (χ3n) is 6.08. The van der Waals surface area contributed by atoms with Crippen LogP contribution in [-0.2, 0) is 4.79 Å². The molecule has 0 radical (unpaired) electrons. The van der Waals surface area contributed by atoms with Crippen molar-refractivity contribution in [3.8, 4) is 5.69 Å². The van der Waals surface area contributed by atoms with E-state index in [0.717, 1.165) is 33.6 Å². The first-order valence-electron chi connectivity index (χ1n) is 10.3. The average molecular weight is 415 g/mol. The zero-order valence-corrected chi connectivity index (χ0v) is 18.4. The molecule has 2 aromatic carbocycles. The molecule has 1 amide bonds. The number of nitrogens with one attached hydrogen (secondary N) is 1. The Labute approximate surface area is 181 Å². The fraction of sp³-hybridized carbons (Fsp3) is 0.240. The van der Waals surface area contributed by atoms with Gasteiger partial charge in [0.1, 0.15) is 6.04 Å². The molecule has 0 bridgehead atoms. The number of para-hydroxylation sites is 1. The first kappa shape index (κ1) is 20.6. The number of carbonyl (C=O) groups excluding carboxylic acids is 1. The maximum absolute atomic E-state index is 13.3. The van der Waals surface area contributed by atoms with Crippen molar-refractivity contribution >= 4 is 22.4 Å². The number of aryl methyl sites for hydroxylation is 3. The van der Waals surface area contributed by atoms with Crippen LogP contribution in [0.1, 0.15) is 35.5 Å². The van der Waals surface area contributed by atoms with E-state index >= 15 is 0 Å². The Morgan fingerprint density at radius 3 is 2.39 bits per heavy atom. The van der Waals surface area contributed by atoms with E-state index in [1.54, 1.807) is 6.20 Å². The molecule has 31 heavy (non-hydrogen) atoms. The largest absolute Gasteiger partial charge is 0.336 e. The lowest BCUT2D eigenvalue weighted by Gasteiger charge is -2.19. The lowest BCUT2D eigenvalue weighted by molar-refractivity contribution is -0.118. The summed E-state index contributed by atoms with van der Waals surface area (Å²) in [5, 5.41) is 8.77. The summed E-state index contributed by atoms with van der Waals surface area (Å²) in [5.41, 5.74) is 5.09. The van der Waals surface area contributed by atoms with Crippen molar-refractivity contribution in [3.63, 3.8) is 0 Å². The van der Waals surface area contributed by atoms with Gasteiger partial charge in [-0.15, -0.1) is 0 Å². The molecule has 0 aliphatic rings. The Hall–Kier alpha value is -3.67. The summed E-state index contributed by atoms with van der Waals surface area (Å²) in [6.45, 7) is 9.67. The summed E-state index contributed by atoms with van der Waals surface area (Å²) >= 11 is 0. The summed E-state index contributed by atoms with van der Waals surface area (Å²) in [5.74, 6) is -0.128. The number of carbonyl (C=O) groups is 1. The van der Waals surface area contributed by atoms with E-state index in [-0.39, 0.29) is 11.5 Å². The van der Waals surface area contributed by atoms with E-state index in [1.165, 1.54) is 4.68 Å². The Morgan fingerprint density at radius 2 is 1.68 bits per heavy atom. The van der Waals surface area contributed by atoms with Crippen molar-refractivity contribution in [2.45, 2.75) is 40.7 Å². The Balaban J connectivity index is 1.77. The molecule has 4 aromatic rings. The van der Waals surface area contributed by atoms with Gasteiger partial charge in [-0.1, -0.05) is 30.3 Å². The normalized spacial score (nSPS) is 12.2. The van der Waals surface area contributed by atoms with Gasteiger partial charge in [0.25, 0.3) is 5.56 Å². The van der Waals surface area contributed by atoms with Crippen LogP contribution in [-0.4, -0.2) is 20.3 Å². The van der Waals surface area contributed by atoms with Gasteiger partial charge in [0.05, 0.1) is 17.3 Å². The van der Waals surface area contributed by atoms with Gasteiger partial charge < -0.3 is 9.88 Å². The highest BCUT2D eigenvalue weighted by Gasteiger charge is 2.24. The molecular weight excluding hydrogens is 388 g/mol. The summed E-state index contributed by atoms with van der Waals surface area (Å²) < 4.78 is 3.32. The predicted molar refractivity (Wildman–Crippen MR) is 124 cm³/mol. The molecule has 2 aromatic heterocycles. The van der Waals surface area contributed by atoms with Crippen LogP contribution in [0.3, 0.4) is 0 Å².